The van der Waals surface area contributed by atoms with Crippen LogP contribution >= 0.6 is 0 Å². The third-order valence-corrected chi connectivity index (χ3v) is 5.93. The number of hydrogen-bond donors (Lipinski definition) is 2. The maximum Gasteiger partial charge on any atom is 0.490 e. The van der Waals surface area contributed by atoms with Gasteiger partial charge in [-0.1, -0.05) is 30.3 Å². The third kappa shape index (κ3) is 5.92. The quantitative estimate of drug-likeness (QED) is 0.598. The average molecular weight is 506 g/mol. The van der Waals surface area contributed by atoms with E-state index < -0.39 is 42.2 Å². The fourth-order valence-electron chi connectivity index (χ4n) is 3.98. The standard InChI is InChI=1S/C21H20F4N2O.C2HF3O2/c22-16-6-3-7-17(23)19(16)13-5-2-1-4-12(13)14-10-15(14)20(28)27-9-8-21(24,25)18(26)11-27;3-2(4,5)1(6)7/h1-7,14-15,18H,8-11,26H2;(H,6,7)/t14-,15+,18-;/m1./s1. The molecule has 1 aliphatic carbocycles. The molecule has 0 bridgehead atoms. The molecular formula is C23H21F7N2O3. The number of alkyl halides is 5. The van der Waals surface area contributed by atoms with E-state index in [1.54, 1.807) is 24.3 Å². The first-order valence-electron chi connectivity index (χ1n) is 10.5. The number of nitrogens with zero attached hydrogens (tertiary/aromatic N) is 1. The Morgan fingerprint density at radius 3 is 2.14 bits per heavy atom. The third-order valence-electron chi connectivity index (χ3n) is 5.93. The first-order chi connectivity index (χ1) is 16.2. The van der Waals surface area contributed by atoms with E-state index in [4.69, 9.17) is 15.6 Å². The lowest BCUT2D eigenvalue weighted by Gasteiger charge is -2.36. The normalized spacial score (nSPS) is 23.2. The van der Waals surface area contributed by atoms with Gasteiger partial charge in [-0.25, -0.2) is 22.4 Å². The van der Waals surface area contributed by atoms with E-state index >= 15 is 0 Å². The summed E-state index contributed by atoms with van der Waals surface area (Å²) in [5, 5.41) is 7.12. The summed E-state index contributed by atoms with van der Waals surface area (Å²) in [4.78, 5) is 23.0. The van der Waals surface area contributed by atoms with Crippen molar-refractivity contribution < 1.29 is 45.4 Å². The molecule has 0 spiro atoms. The number of nitrogens with two attached hydrogens (primary N) is 1. The molecule has 12 heteroatoms. The van der Waals surface area contributed by atoms with E-state index in [0.29, 0.717) is 17.5 Å². The van der Waals surface area contributed by atoms with Crippen LogP contribution in [0.2, 0.25) is 0 Å². The maximum atomic E-state index is 14.3. The Morgan fingerprint density at radius 2 is 1.60 bits per heavy atom. The predicted octanol–water partition coefficient (Wildman–Crippen LogP) is 4.56. The summed E-state index contributed by atoms with van der Waals surface area (Å²) >= 11 is 0. The number of benzene rings is 2. The van der Waals surface area contributed by atoms with Gasteiger partial charge in [-0.15, -0.1) is 0 Å². The van der Waals surface area contributed by atoms with Gasteiger partial charge in [0.2, 0.25) is 5.91 Å². The van der Waals surface area contributed by atoms with Crippen molar-refractivity contribution in [2.24, 2.45) is 11.7 Å². The van der Waals surface area contributed by atoms with Crippen LogP contribution in [0.5, 0.6) is 0 Å². The van der Waals surface area contributed by atoms with Crippen molar-refractivity contribution in [3.63, 3.8) is 0 Å². The highest BCUT2D eigenvalue weighted by Crippen LogP contribution is 2.52. The molecule has 2 aromatic carbocycles. The van der Waals surface area contributed by atoms with Crippen molar-refractivity contribution in [2.75, 3.05) is 13.1 Å². The fraction of sp³-hybridized carbons (Fsp3) is 0.391. The smallest absolute Gasteiger partial charge is 0.475 e. The van der Waals surface area contributed by atoms with Crippen LogP contribution in [-0.4, -0.2) is 53.1 Å². The Balaban J connectivity index is 0.000000429. The molecule has 3 atom stereocenters. The van der Waals surface area contributed by atoms with Gasteiger partial charge in [0.25, 0.3) is 5.92 Å². The lowest BCUT2D eigenvalue weighted by molar-refractivity contribution is -0.192. The lowest BCUT2D eigenvalue weighted by Crippen LogP contribution is -2.56. The highest BCUT2D eigenvalue weighted by molar-refractivity contribution is 5.84. The molecule has 35 heavy (non-hydrogen) atoms. The average Bonchev–Trinajstić information content (AvgIpc) is 3.56. The Labute approximate surface area is 195 Å². The van der Waals surface area contributed by atoms with Crippen LogP contribution in [-0.2, 0) is 9.59 Å². The van der Waals surface area contributed by atoms with Gasteiger partial charge >= 0.3 is 12.1 Å². The molecule has 2 aromatic rings. The number of carbonyl (C=O) groups is 2. The van der Waals surface area contributed by atoms with E-state index in [1.165, 1.54) is 23.1 Å². The van der Waals surface area contributed by atoms with Crippen molar-refractivity contribution >= 4 is 11.9 Å². The van der Waals surface area contributed by atoms with Gasteiger partial charge in [0.15, 0.2) is 0 Å². The SMILES string of the molecule is N[C@@H]1CN(C(=O)[C@H]2C[C@@H]2c2ccccc2-c2c(F)cccc2F)CCC1(F)F.O=C(O)C(F)(F)F. The van der Waals surface area contributed by atoms with Crippen molar-refractivity contribution in [2.45, 2.75) is 36.9 Å². The molecule has 190 valence electrons. The number of rotatable bonds is 3. The molecular weight excluding hydrogens is 485 g/mol. The van der Waals surface area contributed by atoms with Crippen LogP contribution in [0.25, 0.3) is 11.1 Å². The molecule has 2 fully saturated rings. The molecule has 0 aromatic heterocycles. The van der Waals surface area contributed by atoms with E-state index in [-0.39, 0.29) is 36.4 Å². The summed E-state index contributed by atoms with van der Waals surface area (Å²) in [5.74, 6) is -7.85. The first kappa shape index (κ1) is 26.5. The summed E-state index contributed by atoms with van der Waals surface area (Å²) in [6.07, 6.45) is -5.01. The minimum atomic E-state index is -5.08. The summed E-state index contributed by atoms with van der Waals surface area (Å²) < 4.78 is 87.4. The second-order valence-electron chi connectivity index (χ2n) is 8.34. The summed E-state index contributed by atoms with van der Waals surface area (Å²) in [6.45, 7) is -0.217. The van der Waals surface area contributed by atoms with Gasteiger partial charge < -0.3 is 15.7 Å². The van der Waals surface area contributed by atoms with Crippen LogP contribution in [0.1, 0.15) is 24.3 Å². The summed E-state index contributed by atoms with van der Waals surface area (Å²) in [5.41, 5.74) is 6.51. The van der Waals surface area contributed by atoms with Gasteiger partial charge in [-0.2, -0.15) is 13.2 Å². The molecule has 0 radical (unpaired) electrons. The van der Waals surface area contributed by atoms with Crippen molar-refractivity contribution in [1.82, 2.24) is 4.90 Å². The second kappa shape index (κ2) is 9.84. The molecule has 4 rings (SSSR count). The molecule has 1 heterocycles. The Bertz CT molecular complexity index is 1090. The van der Waals surface area contributed by atoms with Crippen LogP contribution in [0.4, 0.5) is 30.7 Å². The number of likely N-dealkylation sites (tertiary alicyclic amines) is 1. The summed E-state index contributed by atoms with van der Waals surface area (Å²) in [6, 6.07) is 9.16. The van der Waals surface area contributed by atoms with Crippen LogP contribution in [0.15, 0.2) is 42.5 Å². The van der Waals surface area contributed by atoms with Gasteiger partial charge in [0, 0.05) is 25.4 Å². The monoisotopic (exact) mass is 506 g/mol. The molecule has 1 amide bonds. The zero-order valence-electron chi connectivity index (χ0n) is 18.0. The van der Waals surface area contributed by atoms with E-state index in [9.17, 15) is 35.5 Å². The Morgan fingerprint density at radius 1 is 1.03 bits per heavy atom. The van der Waals surface area contributed by atoms with Crippen molar-refractivity contribution in [1.29, 1.82) is 0 Å². The zero-order chi connectivity index (χ0) is 26.1. The molecule has 3 N–H and O–H groups in total. The molecule has 5 nitrogen and oxygen atoms in total. The second-order valence-corrected chi connectivity index (χ2v) is 8.34. The molecule has 1 saturated carbocycles. The number of carbonyl (C=O) groups excluding carboxylic acids is 1. The minimum absolute atomic E-state index is 0.0354. The van der Waals surface area contributed by atoms with E-state index in [1.807, 2.05) is 0 Å². The largest absolute Gasteiger partial charge is 0.490 e. The van der Waals surface area contributed by atoms with Crippen LogP contribution in [0, 0.1) is 17.6 Å². The highest BCUT2D eigenvalue weighted by atomic mass is 19.4. The number of carboxylic acid groups (broad SMARTS) is 1. The molecule has 1 saturated heterocycles. The van der Waals surface area contributed by atoms with Crippen molar-refractivity contribution in [3.05, 3.63) is 59.7 Å². The van der Waals surface area contributed by atoms with Gasteiger partial charge in [0.05, 0.1) is 11.6 Å². The van der Waals surface area contributed by atoms with E-state index in [0.717, 1.165) is 0 Å². The number of aliphatic carboxylic acids is 1. The molecule has 0 unspecified atom stereocenters. The maximum absolute atomic E-state index is 14.3. The van der Waals surface area contributed by atoms with Crippen LogP contribution in [0.3, 0.4) is 0 Å². The predicted molar refractivity (Wildman–Crippen MR) is 110 cm³/mol. The fourth-order valence-corrected chi connectivity index (χ4v) is 3.98. The van der Waals surface area contributed by atoms with Crippen molar-refractivity contribution in [3.8, 4) is 11.1 Å². The number of carboxylic acids is 1. The minimum Gasteiger partial charge on any atom is -0.475 e. The number of hydrogen-bond acceptors (Lipinski definition) is 3. The molecule has 2 aliphatic rings. The summed E-state index contributed by atoms with van der Waals surface area (Å²) in [7, 11) is 0. The number of amides is 1. The Kier molecular flexibility index (Phi) is 7.44. The number of piperidine rings is 1. The van der Waals surface area contributed by atoms with Crippen LogP contribution < -0.4 is 5.73 Å². The lowest BCUT2D eigenvalue weighted by atomic mass is 9.94. The van der Waals surface area contributed by atoms with Gasteiger partial charge in [-0.3, -0.25) is 4.79 Å². The topological polar surface area (TPSA) is 83.6 Å². The first-order valence-corrected chi connectivity index (χ1v) is 10.5. The number of halogens is 7. The molecule has 1 aliphatic heterocycles. The zero-order valence-corrected chi connectivity index (χ0v) is 18.0. The van der Waals surface area contributed by atoms with E-state index in [2.05, 4.69) is 0 Å². The Hall–Kier alpha value is -3.15. The van der Waals surface area contributed by atoms with Gasteiger partial charge in [0.1, 0.15) is 11.6 Å². The van der Waals surface area contributed by atoms with Gasteiger partial charge in [-0.05, 0) is 35.6 Å². The highest BCUT2D eigenvalue weighted by Gasteiger charge is 2.50.